The molecule has 0 bridgehead atoms. The van der Waals surface area contributed by atoms with E-state index in [-0.39, 0.29) is 0 Å². The van der Waals surface area contributed by atoms with Crippen molar-refractivity contribution in [2.45, 2.75) is 36.4 Å². The van der Waals surface area contributed by atoms with Gasteiger partial charge in [-0.2, -0.15) is 0 Å². The molecular formula is C9H20B2O6. The molecule has 0 amide bonds. The third-order valence-electron chi connectivity index (χ3n) is 4.66. The van der Waals surface area contributed by atoms with Crippen LogP contribution in [0.3, 0.4) is 0 Å². The van der Waals surface area contributed by atoms with Gasteiger partial charge in [0.05, 0.1) is 11.0 Å². The zero-order valence-corrected chi connectivity index (χ0v) is 10.8. The van der Waals surface area contributed by atoms with Gasteiger partial charge in [-0.15, -0.1) is 0 Å². The molecule has 5 N–H and O–H groups in total. The smallest absolute Gasteiger partial charge is 0.191 e. The molecule has 1 saturated carbocycles. The van der Waals surface area contributed by atoms with Gasteiger partial charge in [0.25, 0.3) is 0 Å². The first-order chi connectivity index (χ1) is 7.37. The molecule has 6 nitrogen and oxygen atoms in total. The first-order valence-corrected chi connectivity index (χ1v) is 5.54. The number of hydrogen-bond acceptors (Lipinski definition) is 6. The third-order valence-corrected chi connectivity index (χ3v) is 4.66. The molecular weight excluding hydrogens is 226 g/mol. The van der Waals surface area contributed by atoms with Crippen molar-refractivity contribution in [2.75, 3.05) is 7.11 Å². The summed E-state index contributed by atoms with van der Waals surface area (Å²) in [5.41, 5.74) is -3.95. The van der Waals surface area contributed by atoms with E-state index in [2.05, 4.69) is 0 Å². The molecule has 1 aliphatic rings. The Labute approximate surface area is 102 Å². The summed E-state index contributed by atoms with van der Waals surface area (Å²) in [7, 11) is 3.62. The van der Waals surface area contributed by atoms with Crippen LogP contribution in [0.2, 0.25) is 0 Å². The fourth-order valence-electron chi connectivity index (χ4n) is 2.66. The van der Waals surface area contributed by atoms with Crippen molar-refractivity contribution < 1.29 is 30.3 Å². The highest BCUT2D eigenvalue weighted by molar-refractivity contribution is 6.18. The molecule has 5 atom stereocenters. The van der Waals surface area contributed by atoms with Gasteiger partial charge < -0.3 is 30.3 Å². The molecule has 1 fully saturated rings. The quantitative estimate of drug-likeness (QED) is 0.238. The minimum absolute atomic E-state index is 1.11. The van der Waals surface area contributed by atoms with Crippen LogP contribution >= 0.6 is 0 Å². The van der Waals surface area contributed by atoms with E-state index in [0.29, 0.717) is 0 Å². The fourth-order valence-corrected chi connectivity index (χ4v) is 2.66. The third kappa shape index (κ3) is 1.52. The second kappa shape index (κ2) is 3.69. The summed E-state index contributed by atoms with van der Waals surface area (Å²) in [6.45, 7) is 2.70. The predicted octanol–water partition coefficient (Wildman–Crippen LogP) is -4.07. The van der Waals surface area contributed by atoms with E-state index in [1.165, 1.54) is 36.6 Å². The summed E-state index contributed by atoms with van der Waals surface area (Å²) in [5, 5.41) is 50.8. The Kier molecular flexibility index (Phi) is 3.25. The summed E-state index contributed by atoms with van der Waals surface area (Å²) in [6, 6.07) is 0. The zero-order chi connectivity index (χ0) is 13.9. The van der Waals surface area contributed by atoms with Crippen molar-refractivity contribution in [2.24, 2.45) is 11.8 Å². The number of methoxy groups -OCH3 is 1. The maximum Gasteiger partial charge on any atom is 0.191 e. The van der Waals surface area contributed by atoms with Crippen LogP contribution in [0.1, 0.15) is 13.8 Å². The second-order valence-corrected chi connectivity index (χ2v) is 5.37. The van der Waals surface area contributed by atoms with E-state index in [1.807, 2.05) is 0 Å². The van der Waals surface area contributed by atoms with E-state index in [9.17, 15) is 25.5 Å². The molecule has 0 aliphatic heterocycles. The minimum Gasteiger partial charge on any atom is -0.393 e. The maximum absolute atomic E-state index is 10.4. The van der Waals surface area contributed by atoms with Crippen LogP contribution in [0.4, 0.5) is 0 Å². The van der Waals surface area contributed by atoms with Crippen LogP contribution in [0.5, 0.6) is 0 Å². The first-order valence-electron chi connectivity index (χ1n) is 5.54. The molecule has 8 heteroatoms. The molecule has 98 valence electrons. The SMILES string of the molecule is BC1(O)C(C)C(O)(OC)C(B)(O)C(C)C1(O)O. The van der Waals surface area contributed by atoms with Crippen molar-refractivity contribution in [3.63, 3.8) is 0 Å². The average Bonchev–Trinajstić information content (AvgIpc) is 2.23. The van der Waals surface area contributed by atoms with Gasteiger partial charge in [0.15, 0.2) is 27.3 Å². The molecule has 0 aromatic heterocycles. The summed E-state index contributed by atoms with van der Waals surface area (Å²) < 4.78 is 4.93. The molecule has 0 radical (unpaired) electrons. The van der Waals surface area contributed by atoms with Gasteiger partial charge in [0, 0.05) is 18.9 Å². The molecule has 0 heterocycles. The molecule has 0 aromatic rings. The number of aliphatic hydroxyl groups is 5. The number of rotatable bonds is 1. The highest BCUT2D eigenvalue weighted by Crippen LogP contribution is 2.51. The topological polar surface area (TPSA) is 110 Å². The van der Waals surface area contributed by atoms with Crippen LogP contribution in [0.15, 0.2) is 0 Å². The molecule has 17 heavy (non-hydrogen) atoms. The zero-order valence-electron chi connectivity index (χ0n) is 10.8. The Morgan fingerprint density at radius 3 is 1.65 bits per heavy atom. The molecule has 0 saturated heterocycles. The van der Waals surface area contributed by atoms with Crippen LogP contribution in [-0.4, -0.2) is 70.9 Å². The van der Waals surface area contributed by atoms with Crippen molar-refractivity contribution in [3.8, 4) is 0 Å². The Hall–Kier alpha value is -0.110. The van der Waals surface area contributed by atoms with E-state index in [0.717, 1.165) is 0 Å². The van der Waals surface area contributed by atoms with Crippen LogP contribution in [-0.2, 0) is 4.74 Å². The standard InChI is InChI=1S/C9H20B2O6/c1-4-7(11,13)9(16,17-3)5(2)6(10,12)8(4,14)15/h4-5,12-16H,10-11H2,1-3H3. The van der Waals surface area contributed by atoms with Gasteiger partial charge in [0.1, 0.15) is 0 Å². The van der Waals surface area contributed by atoms with Crippen molar-refractivity contribution in [1.82, 2.24) is 0 Å². The summed E-state index contributed by atoms with van der Waals surface area (Å²) in [5.74, 6) is -6.95. The minimum atomic E-state index is -2.54. The summed E-state index contributed by atoms with van der Waals surface area (Å²) >= 11 is 0. The average molecular weight is 246 g/mol. The monoisotopic (exact) mass is 246 g/mol. The van der Waals surface area contributed by atoms with Crippen LogP contribution in [0.25, 0.3) is 0 Å². The van der Waals surface area contributed by atoms with E-state index < -0.39 is 34.4 Å². The normalized spacial score (nSPS) is 54.6. The molecule has 1 aliphatic carbocycles. The van der Waals surface area contributed by atoms with E-state index >= 15 is 0 Å². The van der Waals surface area contributed by atoms with Gasteiger partial charge in [-0.25, -0.2) is 0 Å². The Bertz CT molecular complexity index is 319. The van der Waals surface area contributed by atoms with E-state index in [1.54, 1.807) is 0 Å². The Balaban J connectivity index is 3.43. The largest absolute Gasteiger partial charge is 0.393 e. The lowest BCUT2D eigenvalue weighted by molar-refractivity contribution is -0.411. The second-order valence-electron chi connectivity index (χ2n) is 5.37. The molecule has 0 spiro atoms. The predicted molar refractivity (Wildman–Crippen MR) is 64.4 cm³/mol. The van der Waals surface area contributed by atoms with Crippen molar-refractivity contribution in [3.05, 3.63) is 0 Å². The van der Waals surface area contributed by atoms with Gasteiger partial charge in [-0.05, 0) is 0 Å². The van der Waals surface area contributed by atoms with Gasteiger partial charge in [-0.1, -0.05) is 13.8 Å². The Morgan fingerprint density at radius 1 is 0.882 bits per heavy atom. The highest BCUT2D eigenvalue weighted by Gasteiger charge is 2.71. The van der Waals surface area contributed by atoms with Crippen molar-refractivity contribution >= 4 is 15.7 Å². The molecule has 1 rings (SSSR count). The van der Waals surface area contributed by atoms with Gasteiger partial charge in [-0.3, -0.25) is 0 Å². The number of ether oxygens (including phenoxy) is 1. The van der Waals surface area contributed by atoms with Crippen LogP contribution in [0, 0.1) is 11.8 Å². The molecule has 5 unspecified atom stereocenters. The summed E-state index contributed by atoms with van der Waals surface area (Å²) in [4.78, 5) is 0. The van der Waals surface area contributed by atoms with Crippen LogP contribution < -0.4 is 0 Å². The van der Waals surface area contributed by atoms with Crippen molar-refractivity contribution in [1.29, 1.82) is 0 Å². The first kappa shape index (κ1) is 14.9. The lowest BCUT2D eigenvalue weighted by atomic mass is 9.46. The van der Waals surface area contributed by atoms with Gasteiger partial charge in [0.2, 0.25) is 0 Å². The van der Waals surface area contributed by atoms with Gasteiger partial charge >= 0.3 is 0 Å². The Morgan fingerprint density at radius 2 is 1.29 bits per heavy atom. The summed E-state index contributed by atoms with van der Waals surface area (Å²) in [6.07, 6.45) is 0. The molecule has 0 aromatic carbocycles. The lowest BCUT2D eigenvalue weighted by Gasteiger charge is -2.61. The lowest BCUT2D eigenvalue weighted by Crippen LogP contribution is -2.82. The fraction of sp³-hybridized carbons (Fsp3) is 1.00. The highest BCUT2D eigenvalue weighted by atomic mass is 16.6. The maximum atomic E-state index is 10.4. The van der Waals surface area contributed by atoms with E-state index in [4.69, 9.17) is 4.74 Å². The number of hydrogen-bond donors (Lipinski definition) is 5.